The average molecular weight is 403 g/mol. The van der Waals surface area contributed by atoms with E-state index in [9.17, 15) is 13.2 Å². The van der Waals surface area contributed by atoms with Crippen LogP contribution >= 0.6 is 0 Å². The van der Waals surface area contributed by atoms with Crippen molar-refractivity contribution in [3.63, 3.8) is 0 Å². The van der Waals surface area contributed by atoms with Gasteiger partial charge in [-0.3, -0.25) is 4.79 Å². The van der Waals surface area contributed by atoms with Crippen LogP contribution in [0, 0.1) is 0 Å². The number of amides is 1. The van der Waals surface area contributed by atoms with Gasteiger partial charge in [0, 0.05) is 30.1 Å². The first-order valence-corrected chi connectivity index (χ1v) is 11.4. The Bertz CT molecular complexity index is 966. The summed E-state index contributed by atoms with van der Waals surface area (Å²) < 4.78 is 33.2. The highest BCUT2D eigenvalue weighted by molar-refractivity contribution is 7.89. The van der Waals surface area contributed by atoms with Gasteiger partial charge in [-0.05, 0) is 56.9 Å². The van der Waals surface area contributed by atoms with E-state index in [1.807, 2.05) is 13.0 Å². The van der Waals surface area contributed by atoms with E-state index in [0.717, 1.165) is 49.8 Å². The second-order valence-electron chi connectivity index (χ2n) is 7.71. The van der Waals surface area contributed by atoms with Gasteiger partial charge in [0.15, 0.2) is 0 Å². The summed E-state index contributed by atoms with van der Waals surface area (Å²) in [5.74, 6) is 0.662. The lowest BCUT2D eigenvalue weighted by atomic mass is 9.93. The van der Waals surface area contributed by atoms with Crippen molar-refractivity contribution in [3.8, 4) is 0 Å². The van der Waals surface area contributed by atoms with Crippen LogP contribution in [0.5, 0.6) is 0 Å². The molecule has 1 aliphatic carbocycles. The molecule has 28 heavy (non-hydrogen) atoms. The molecular formula is C21H26N2O4S. The van der Waals surface area contributed by atoms with Gasteiger partial charge < -0.3 is 9.73 Å². The normalized spacial score (nSPS) is 23.2. The minimum atomic E-state index is -3.60. The lowest BCUT2D eigenvalue weighted by Crippen LogP contribution is -2.42. The van der Waals surface area contributed by atoms with E-state index in [4.69, 9.17) is 4.42 Å². The maximum atomic E-state index is 13.1. The van der Waals surface area contributed by atoms with E-state index in [1.165, 1.54) is 6.07 Å². The van der Waals surface area contributed by atoms with E-state index >= 15 is 0 Å². The molecule has 1 saturated heterocycles. The molecule has 2 heterocycles. The molecular weight excluding hydrogens is 376 g/mol. The molecule has 1 aliphatic heterocycles. The summed E-state index contributed by atoms with van der Waals surface area (Å²) in [5.41, 5.74) is 1.38. The number of rotatable bonds is 4. The molecule has 1 N–H and O–H groups in total. The maximum Gasteiger partial charge on any atom is 0.251 e. The average Bonchev–Trinajstić information content (AvgIpc) is 3.18. The predicted molar refractivity (Wildman–Crippen MR) is 106 cm³/mol. The van der Waals surface area contributed by atoms with Crippen molar-refractivity contribution in [2.45, 2.75) is 62.4 Å². The fraction of sp³-hybridized carbons (Fsp3) is 0.476. The molecule has 0 saturated carbocycles. The number of piperidine rings is 1. The number of aryl methyl sites for hydroxylation is 1. The Morgan fingerprint density at radius 3 is 2.86 bits per heavy atom. The van der Waals surface area contributed by atoms with Crippen molar-refractivity contribution in [1.29, 1.82) is 0 Å². The molecule has 7 heteroatoms. The zero-order valence-electron chi connectivity index (χ0n) is 16.1. The molecule has 2 aliphatic rings. The van der Waals surface area contributed by atoms with Gasteiger partial charge in [-0.2, -0.15) is 4.31 Å². The molecule has 4 rings (SSSR count). The molecule has 1 amide bonds. The quantitative estimate of drug-likeness (QED) is 0.847. The van der Waals surface area contributed by atoms with Crippen molar-refractivity contribution in [2.24, 2.45) is 0 Å². The molecule has 0 spiro atoms. The zero-order valence-corrected chi connectivity index (χ0v) is 16.9. The monoisotopic (exact) mass is 402 g/mol. The van der Waals surface area contributed by atoms with Gasteiger partial charge in [-0.15, -0.1) is 0 Å². The number of furan rings is 1. The highest BCUT2D eigenvalue weighted by Gasteiger charge is 2.31. The lowest BCUT2D eigenvalue weighted by Gasteiger charge is -2.32. The second kappa shape index (κ2) is 7.72. The SMILES string of the molecule is CC1CCCCN1S(=O)(=O)c1cccc(C(=O)NC2CCCc3occc32)c1. The van der Waals surface area contributed by atoms with Crippen molar-refractivity contribution >= 4 is 15.9 Å². The number of nitrogens with one attached hydrogen (secondary N) is 1. The van der Waals surface area contributed by atoms with Gasteiger partial charge in [-0.1, -0.05) is 12.5 Å². The van der Waals surface area contributed by atoms with Gasteiger partial charge >= 0.3 is 0 Å². The maximum absolute atomic E-state index is 13.1. The Morgan fingerprint density at radius 1 is 1.18 bits per heavy atom. The van der Waals surface area contributed by atoms with Crippen LogP contribution < -0.4 is 5.32 Å². The first-order chi connectivity index (χ1) is 13.5. The second-order valence-corrected chi connectivity index (χ2v) is 9.60. The van der Waals surface area contributed by atoms with Crippen LogP contribution in [-0.4, -0.2) is 31.2 Å². The Kier molecular flexibility index (Phi) is 5.29. The summed E-state index contributed by atoms with van der Waals surface area (Å²) in [7, 11) is -3.60. The number of hydrogen-bond acceptors (Lipinski definition) is 4. The number of carbonyl (C=O) groups is 1. The Labute approximate surface area is 166 Å². The summed E-state index contributed by atoms with van der Waals surface area (Å²) in [6, 6.07) is 8.15. The third kappa shape index (κ3) is 3.61. The molecule has 1 aromatic heterocycles. The zero-order chi connectivity index (χ0) is 19.7. The summed E-state index contributed by atoms with van der Waals surface area (Å²) in [6.07, 6.45) is 7.13. The topological polar surface area (TPSA) is 79.6 Å². The molecule has 2 atom stereocenters. The fourth-order valence-corrected chi connectivity index (χ4v) is 5.99. The number of nitrogens with zero attached hydrogens (tertiary/aromatic N) is 1. The molecule has 2 aromatic rings. The van der Waals surface area contributed by atoms with Crippen LogP contribution in [0.1, 0.15) is 66.8 Å². The van der Waals surface area contributed by atoms with Crippen LogP contribution in [0.15, 0.2) is 45.9 Å². The minimum Gasteiger partial charge on any atom is -0.469 e. The van der Waals surface area contributed by atoms with Gasteiger partial charge in [0.25, 0.3) is 5.91 Å². The third-order valence-corrected chi connectivity index (χ3v) is 7.81. The number of carbonyl (C=O) groups excluding carboxylic acids is 1. The van der Waals surface area contributed by atoms with Crippen LogP contribution in [0.2, 0.25) is 0 Å². The summed E-state index contributed by atoms with van der Waals surface area (Å²) in [6.45, 7) is 2.48. The Morgan fingerprint density at radius 2 is 2.04 bits per heavy atom. The Hall–Kier alpha value is -2.12. The number of benzene rings is 1. The van der Waals surface area contributed by atoms with Crippen molar-refractivity contribution in [1.82, 2.24) is 9.62 Å². The molecule has 1 fully saturated rings. The van der Waals surface area contributed by atoms with Crippen molar-refractivity contribution < 1.29 is 17.6 Å². The largest absolute Gasteiger partial charge is 0.469 e. The predicted octanol–water partition coefficient (Wildman–Crippen LogP) is 3.65. The van der Waals surface area contributed by atoms with Crippen molar-refractivity contribution in [3.05, 3.63) is 53.5 Å². The molecule has 6 nitrogen and oxygen atoms in total. The minimum absolute atomic E-state index is 0.0158. The van der Waals surface area contributed by atoms with E-state index in [-0.39, 0.29) is 22.9 Å². The summed E-state index contributed by atoms with van der Waals surface area (Å²) >= 11 is 0. The third-order valence-electron chi connectivity index (χ3n) is 5.80. The molecule has 150 valence electrons. The highest BCUT2D eigenvalue weighted by Crippen LogP contribution is 2.31. The summed E-state index contributed by atoms with van der Waals surface area (Å²) in [4.78, 5) is 13.0. The fourth-order valence-electron chi connectivity index (χ4n) is 4.24. The number of fused-ring (bicyclic) bond motifs is 1. The van der Waals surface area contributed by atoms with E-state index < -0.39 is 10.0 Å². The van der Waals surface area contributed by atoms with Crippen LogP contribution in [0.3, 0.4) is 0 Å². The molecule has 0 radical (unpaired) electrons. The van der Waals surface area contributed by atoms with Gasteiger partial charge in [0.2, 0.25) is 10.0 Å². The summed E-state index contributed by atoms with van der Waals surface area (Å²) in [5, 5.41) is 3.04. The first-order valence-electron chi connectivity index (χ1n) is 9.96. The van der Waals surface area contributed by atoms with Crippen LogP contribution in [-0.2, 0) is 16.4 Å². The van der Waals surface area contributed by atoms with Crippen LogP contribution in [0.25, 0.3) is 0 Å². The highest BCUT2D eigenvalue weighted by atomic mass is 32.2. The van der Waals surface area contributed by atoms with E-state index in [0.29, 0.717) is 12.1 Å². The van der Waals surface area contributed by atoms with Gasteiger partial charge in [0.1, 0.15) is 5.76 Å². The number of hydrogen-bond donors (Lipinski definition) is 1. The Balaban J connectivity index is 1.55. The van der Waals surface area contributed by atoms with Gasteiger partial charge in [0.05, 0.1) is 17.2 Å². The van der Waals surface area contributed by atoms with E-state index in [2.05, 4.69) is 5.32 Å². The smallest absolute Gasteiger partial charge is 0.251 e. The van der Waals surface area contributed by atoms with Crippen molar-refractivity contribution in [2.75, 3.05) is 6.54 Å². The van der Waals surface area contributed by atoms with Crippen LogP contribution in [0.4, 0.5) is 0 Å². The van der Waals surface area contributed by atoms with E-state index in [1.54, 1.807) is 28.8 Å². The molecule has 0 bridgehead atoms. The molecule has 2 unspecified atom stereocenters. The molecule has 1 aromatic carbocycles. The standard InChI is InChI=1S/C21H26N2O4S/c1-15-6-2-3-12-23(15)28(25,26)17-8-4-7-16(14-17)21(24)22-19-9-5-10-20-18(19)11-13-27-20/h4,7-8,11,13-15,19H,2-3,5-6,9-10,12H2,1H3,(H,22,24). The lowest BCUT2D eigenvalue weighted by molar-refractivity contribution is 0.0932. The first kappa shape index (κ1) is 19.2. The number of sulfonamides is 1. The van der Waals surface area contributed by atoms with Gasteiger partial charge in [-0.25, -0.2) is 8.42 Å².